The number of nitrogens with one attached hydrogen (secondary N) is 1. The maximum atomic E-state index is 13.1. The molecule has 5 heteroatoms. The van der Waals surface area contributed by atoms with E-state index in [-0.39, 0.29) is 5.91 Å². The number of rotatable bonds is 5. The van der Waals surface area contributed by atoms with Crippen LogP contribution in [-0.4, -0.2) is 23.2 Å². The highest BCUT2D eigenvalue weighted by atomic mass is 32.2. The number of hydrogen-bond donors (Lipinski definition) is 1. The first kappa shape index (κ1) is 19.4. The number of anilines is 2. The molecule has 0 aliphatic carbocycles. The Morgan fingerprint density at radius 3 is 2.45 bits per heavy atom. The van der Waals surface area contributed by atoms with Gasteiger partial charge in [-0.3, -0.25) is 4.79 Å². The minimum atomic E-state index is -1.18. The van der Waals surface area contributed by atoms with Gasteiger partial charge in [0, 0.05) is 18.7 Å². The second-order valence-electron chi connectivity index (χ2n) is 7.22. The smallest absolute Gasteiger partial charge is 0.251 e. The van der Waals surface area contributed by atoms with Gasteiger partial charge in [-0.2, -0.15) is 0 Å². The fourth-order valence-electron chi connectivity index (χ4n) is 3.70. The van der Waals surface area contributed by atoms with E-state index in [2.05, 4.69) is 24.1 Å². The molecule has 1 aliphatic heterocycles. The van der Waals surface area contributed by atoms with E-state index in [1.165, 1.54) is 5.56 Å². The van der Waals surface area contributed by atoms with Gasteiger partial charge in [-0.1, -0.05) is 36.4 Å². The monoisotopic (exact) mass is 404 g/mol. The Morgan fingerprint density at radius 2 is 1.66 bits per heavy atom. The first-order valence-electron chi connectivity index (χ1n) is 9.79. The predicted octanol–water partition coefficient (Wildman–Crippen LogP) is 4.74. The van der Waals surface area contributed by atoms with E-state index in [9.17, 15) is 9.00 Å². The third kappa shape index (κ3) is 3.70. The zero-order chi connectivity index (χ0) is 20.4. The van der Waals surface area contributed by atoms with Gasteiger partial charge in [0.2, 0.25) is 0 Å². The second kappa shape index (κ2) is 8.21. The number of fused-ring (bicyclic) bond motifs is 2. The van der Waals surface area contributed by atoms with E-state index in [1.54, 1.807) is 0 Å². The molecule has 0 spiro atoms. The molecule has 29 heavy (non-hydrogen) atoms. The number of aryl methyl sites for hydroxylation is 1. The Labute approximate surface area is 174 Å². The molecule has 4 rings (SSSR count). The average Bonchev–Trinajstić information content (AvgIpc) is 2.76. The number of amides is 1. The first-order chi connectivity index (χ1) is 14.1. The minimum absolute atomic E-state index is 0.0572. The Morgan fingerprint density at radius 1 is 0.931 bits per heavy atom. The normalized spacial score (nSPS) is 14.8. The summed E-state index contributed by atoms with van der Waals surface area (Å²) in [4.78, 5) is 16.2. The number of para-hydroxylation sites is 1. The molecule has 148 valence electrons. The van der Waals surface area contributed by atoms with Gasteiger partial charge in [-0.15, -0.1) is 0 Å². The molecule has 0 aromatic heterocycles. The molecule has 3 aromatic carbocycles. The van der Waals surface area contributed by atoms with Crippen molar-refractivity contribution in [1.82, 2.24) is 5.32 Å². The van der Waals surface area contributed by atoms with Crippen molar-refractivity contribution in [2.24, 2.45) is 0 Å². The summed E-state index contributed by atoms with van der Waals surface area (Å²) in [5, 5.41) is 3.00. The van der Waals surface area contributed by atoms with Crippen molar-refractivity contribution < 1.29 is 9.00 Å². The lowest BCUT2D eigenvalue weighted by atomic mass is 10.1. The molecular formula is C24H24N2O2S. The molecule has 0 saturated heterocycles. The summed E-state index contributed by atoms with van der Waals surface area (Å²) in [6, 6.07) is 21.2. The third-order valence-corrected chi connectivity index (χ3v) is 6.84. The lowest BCUT2D eigenvalue weighted by Gasteiger charge is -2.34. The minimum Gasteiger partial charge on any atom is -0.352 e. The molecule has 1 amide bonds. The van der Waals surface area contributed by atoms with Gasteiger partial charge in [0.1, 0.15) is 0 Å². The van der Waals surface area contributed by atoms with Crippen LogP contribution in [-0.2, 0) is 10.8 Å². The lowest BCUT2D eigenvalue weighted by Crippen LogP contribution is -2.30. The van der Waals surface area contributed by atoms with Gasteiger partial charge in [0.25, 0.3) is 5.91 Å². The van der Waals surface area contributed by atoms with Crippen molar-refractivity contribution >= 4 is 28.1 Å². The van der Waals surface area contributed by atoms with Crippen molar-refractivity contribution in [1.29, 1.82) is 0 Å². The van der Waals surface area contributed by atoms with Crippen molar-refractivity contribution in [3.05, 3.63) is 83.4 Å². The standard InChI is InChI=1S/C24H24N2O2S/c1-17-13-14-22-23(18(17)2)26(20-11-6-7-12-21(20)29(22)28)16-8-15-25-24(27)19-9-4-3-5-10-19/h3-7,9-14H,8,15-16H2,1-2H3,(H,25,27). The van der Waals surface area contributed by atoms with Gasteiger partial charge in [-0.05, 0) is 61.7 Å². The molecule has 1 atom stereocenters. The highest BCUT2D eigenvalue weighted by Gasteiger charge is 2.29. The third-order valence-electron chi connectivity index (χ3n) is 5.37. The molecule has 1 N–H and O–H groups in total. The quantitative estimate of drug-likeness (QED) is 0.625. The van der Waals surface area contributed by atoms with Gasteiger partial charge < -0.3 is 10.2 Å². The zero-order valence-electron chi connectivity index (χ0n) is 16.6. The van der Waals surface area contributed by atoms with Crippen LogP contribution in [0.2, 0.25) is 0 Å². The van der Waals surface area contributed by atoms with Crippen molar-refractivity contribution in [2.45, 2.75) is 30.1 Å². The summed E-state index contributed by atoms with van der Waals surface area (Å²) in [5.74, 6) is -0.0572. The topological polar surface area (TPSA) is 49.4 Å². The SMILES string of the molecule is Cc1ccc2c(c1C)N(CCCNC(=O)c1ccccc1)c1ccccc1S2=O. The summed E-state index contributed by atoms with van der Waals surface area (Å²) in [7, 11) is -1.18. The molecule has 0 radical (unpaired) electrons. The summed E-state index contributed by atoms with van der Waals surface area (Å²) in [6.07, 6.45) is 0.784. The molecule has 0 bridgehead atoms. The molecule has 1 aliphatic rings. The predicted molar refractivity (Wildman–Crippen MR) is 117 cm³/mol. The molecule has 3 aromatic rings. The van der Waals surface area contributed by atoms with Crippen LogP contribution in [0.4, 0.5) is 11.4 Å². The van der Waals surface area contributed by atoms with Gasteiger partial charge >= 0.3 is 0 Å². The van der Waals surface area contributed by atoms with E-state index in [4.69, 9.17) is 0 Å². The van der Waals surface area contributed by atoms with Crippen LogP contribution in [0.5, 0.6) is 0 Å². The Balaban J connectivity index is 1.54. The molecule has 1 heterocycles. The summed E-state index contributed by atoms with van der Waals surface area (Å²) in [6.45, 7) is 5.48. The van der Waals surface area contributed by atoms with Gasteiger partial charge in [0.15, 0.2) is 0 Å². The molecular weight excluding hydrogens is 380 g/mol. The van der Waals surface area contributed by atoms with Gasteiger partial charge in [-0.25, -0.2) is 4.21 Å². The van der Waals surface area contributed by atoms with Crippen LogP contribution in [0.25, 0.3) is 0 Å². The zero-order valence-corrected chi connectivity index (χ0v) is 17.5. The fourth-order valence-corrected chi connectivity index (χ4v) is 5.14. The fraction of sp³-hybridized carbons (Fsp3) is 0.208. The highest BCUT2D eigenvalue weighted by molar-refractivity contribution is 7.85. The maximum absolute atomic E-state index is 13.1. The van der Waals surface area contributed by atoms with Crippen molar-refractivity contribution in [2.75, 3.05) is 18.0 Å². The Hall–Kier alpha value is -2.92. The largest absolute Gasteiger partial charge is 0.352 e. The van der Waals surface area contributed by atoms with Crippen molar-refractivity contribution in [3.63, 3.8) is 0 Å². The Kier molecular flexibility index (Phi) is 5.49. The first-order valence-corrected chi connectivity index (χ1v) is 10.9. The molecule has 0 saturated carbocycles. The number of carbonyl (C=O) groups is 1. The van der Waals surface area contributed by atoms with E-state index in [0.717, 1.165) is 39.7 Å². The van der Waals surface area contributed by atoms with Gasteiger partial charge in [0.05, 0.1) is 32.0 Å². The number of hydrogen-bond acceptors (Lipinski definition) is 3. The van der Waals surface area contributed by atoms with E-state index < -0.39 is 10.8 Å². The number of nitrogens with zero attached hydrogens (tertiary/aromatic N) is 1. The number of benzene rings is 3. The summed E-state index contributed by atoms with van der Waals surface area (Å²) in [5.41, 5.74) is 5.03. The van der Waals surface area contributed by atoms with Crippen LogP contribution in [0.15, 0.2) is 76.5 Å². The average molecular weight is 405 g/mol. The van der Waals surface area contributed by atoms with Crippen LogP contribution >= 0.6 is 0 Å². The Bertz CT molecular complexity index is 1080. The maximum Gasteiger partial charge on any atom is 0.251 e. The summed E-state index contributed by atoms with van der Waals surface area (Å²) < 4.78 is 13.1. The molecule has 0 fully saturated rings. The second-order valence-corrected chi connectivity index (χ2v) is 8.63. The summed E-state index contributed by atoms with van der Waals surface area (Å²) >= 11 is 0. The van der Waals surface area contributed by atoms with E-state index in [0.29, 0.717) is 12.1 Å². The highest BCUT2D eigenvalue weighted by Crippen LogP contribution is 2.44. The van der Waals surface area contributed by atoms with Crippen LogP contribution < -0.4 is 10.2 Å². The van der Waals surface area contributed by atoms with Crippen LogP contribution in [0, 0.1) is 13.8 Å². The lowest BCUT2D eigenvalue weighted by molar-refractivity contribution is 0.0953. The van der Waals surface area contributed by atoms with E-state index >= 15 is 0 Å². The number of carbonyl (C=O) groups excluding carboxylic acids is 1. The molecule has 4 nitrogen and oxygen atoms in total. The van der Waals surface area contributed by atoms with Crippen LogP contribution in [0.1, 0.15) is 27.9 Å². The van der Waals surface area contributed by atoms with E-state index in [1.807, 2.05) is 66.7 Å². The molecule has 1 unspecified atom stereocenters. The van der Waals surface area contributed by atoms with Crippen LogP contribution in [0.3, 0.4) is 0 Å². The van der Waals surface area contributed by atoms with Crippen molar-refractivity contribution in [3.8, 4) is 0 Å².